The van der Waals surface area contributed by atoms with Crippen LogP contribution in [0.5, 0.6) is 5.75 Å². The summed E-state index contributed by atoms with van der Waals surface area (Å²) in [7, 11) is 1.39. The Bertz CT molecular complexity index is 1210. The maximum Gasteiger partial charge on any atom is 0.340 e. The summed E-state index contributed by atoms with van der Waals surface area (Å²) in [5, 5.41) is 5.39. The number of aromatic nitrogens is 3. The van der Waals surface area contributed by atoms with Gasteiger partial charge in [0.15, 0.2) is 0 Å². The molecule has 0 spiro atoms. The van der Waals surface area contributed by atoms with Crippen molar-refractivity contribution in [2.24, 2.45) is 5.92 Å². The predicted octanol–water partition coefficient (Wildman–Crippen LogP) is 5.08. The first-order valence-electron chi connectivity index (χ1n) is 11.7. The summed E-state index contributed by atoms with van der Waals surface area (Å²) in [4.78, 5) is 25.1. The molecule has 0 bridgehead atoms. The number of carbonyl (C=O) groups is 2. The molecule has 0 saturated heterocycles. The number of methoxy groups -OCH3 is 1. The van der Waals surface area contributed by atoms with Gasteiger partial charge in [0.05, 0.1) is 24.8 Å². The number of benzene rings is 1. The first-order chi connectivity index (χ1) is 15.7. The van der Waals surface area contributed by atoms with Gasteiger partial charge in [-0.3, -0.25) is 9.48 Å². The smallest absolute Gasteiger partial charge is 0.340 e. The summed E-state index contributed by atoms with van der Waals surface area (Å²) >= 11 is 0. The van der Waals surface area contributed by atoms with Gasteiger partial charge in [0.25, 0.3) is 0 Å². The first kappa shape index (κ1) is 23.1. The normalized spacial score (nSPS) is 13.7. The lowest BCUT2D eigenvalue weighted by atomic mass is 10.1. The van der Waals surface area contributed by atoms with E-state index in [0.717, 1.165) is 52.9 Å². The lowest BCUT2D eigenvalue weighted by Crippen LogP contribution is -2.10. The molecule has 2 aromatic heterocycles. The second-order valence-corrected chi connectivity index (χ2v) is 9.43. The molecule has 0 N–H and O–H groups in total. The highest BCUT2D eigenvalue weighted by Crippen LogP contribution is 2.42. The Labute approximate surface area is 194 Å². The highest BCUT2D eigenvalue weighted by Gasteiger charge is 2.30. The van der Waals surface area contributed by atoms with Crippen LogP contribution in [0.1, 0.15) is 72.2 Å². The minimum absolute atomic E-state index is 0.263. The highest BCUT2D eigenvalue weighted by molar-refractivity contribution is 6.06. The molecule has 0 amide bonds. The van der Waals surface area contributed by atoms with E-state index in [1.807, 2.05) is 24.6 Å². The van der Waals surface area contributed by atoms with Crippen molar-refractivity contribution in [1.29, 1.82) is 0 Å². The summed E-state index contributed by atoms with van der Waals surface area (Å²) in [5.41, 5.74) is 5.58. The topological polar surface area (TPSA) is 75.3 Å². The Morgan fingerprint density at radius 1 is 1.15 bits per heavy atom. The van der Waals surface area contributed by atoms with E-state index in [1.54, 1.807) is 12.1 Å². The van der Waals surface area contributed by atoms with E-state index in [-0.39, 0.29) is 18.4 Å². The van der Waals surface area contributed by atoms with E-state index in [4.69, 9.17) is 9.47 Å². The van der Waals surface area contributed by atoms with E-state index < -0.39 is 0 Å². The van der Waals surface area contributed by atoms with Crippen LogP contribution in [0, 0.1) is 26.7 Å². The van der Waals surface area contributed by atoms with Crippen molar-refractivity contribution in [3.05, 3.63) is 46.4 Å². The summed E-state index contributed by atoms with van der Waals surface area (Å²) in [5.74, 6) is 0.269. The number of aryl methyl sites for hydroxylation is 1. The zero-order valence-corrected chi connectivity index (χ0v) is 20.4. The van der Waals surface area contributed by atoms with Crippen LogP contribution in [0.25, 0.3) is 10.9 Å². The zero-order valence-electron chi connectivity index (χ0n) is 20.4. The second kappa shape index (κ2) is 9.04. The monoisotopic (exact) mass is 451 g/mol. The molecule has 33 heavy (non-hydrogen) atoms. The van der Waals surface area contributed by atoms with Crippen LogP contribution in [0.15, 0.2) is 18.2 Å². The quantitative estimate of drug-likeness (QED) is 0.353. The Kier molecular flexibility index (Phi) is 6.32. The van der Waals surface area contributed by atoms with Gasteiger partial charge in [0, 0.05) is 34.9 Å². The van der Waals surface area contributed by atoms with Crippen molar-refractivity contribution in [2.75, 3.05) is 7.11 Å². The average Bonchev–Trinajstić information content (AvgIpc) is 3.50. The number of esters is 2. The summed E-state index contributed by atoms with van der Waals surface area (Å²) < 4.78 is 14.9. The number of nitrogens with zero attached hydrogens (tertiary/aromatic N) is 3. The molecule has 3 aromatic rings. The van der Waals surface area contributed by atoms with E-state index in [0.29, 0.717) is 29.7 Å². The molecule has 0 unspecified atom stereocenters. The van der Waals surface area contributed by atoms with Gasteiger partial charge in [-0.2, -0.15) is 5.10 Å². The fourth-order valence-corrected chi connectivity index (χ4v) is 4.68. The summed E-state index contributed by atoms with van der Waals surface area (Å²) in [6, 6.07) is 5.93. The molecule has 1 aromatic carbocycles. The SMILES string of the molecule is COC(=O)c1c(C)n(C2CC2)c2ccc(OC(=O)CCc3c(C)nn(CC(C)C)c3C)cc12. The van der Waals surface area contributed by atoms with Gasteiger partial charge in [-0.1, -0.05) is 13.8 Å². The van der Waals surface area contributed by atoms with Crippen LogP contribution >= 0.6 is 0 Å². The lowest BCUT2D eigenvalue weighted by molar-refractivity contribution is -0.134. The first-order valence-corrected chi connectivity index (χ1v) is 11.7. The number of fused-ring (bicyclic) bond motifs is 1. The van der Waals surface area contributed by atoms with E-state index in [9.17, 15) is 9.59 Å². The van der Waals surface area contributed by atoms with Gasteiger partial charge in [0.1, 0.15) is 5.75 Å². The minimum Gasteiger partial charge on any atom is -0.465 e. The summed E-state index contributed by atoms with van der Waals surface area (Å²) in [6.07, 6.45) is 3.06. The van der Waals surface area contributed by atoms with E-state index in [1.165, 1.54) is 7.11 Å². The molecule has 4 rings (SSSR count). The molecule has 176 valence electrons. The Balaban J connectivity index is 1.52. The number of rotatable bonds is 8. The number of ether oxygens (including phenoxy) is 2. The molecular weight excluding hydrogens is 418 g/mol. The molecular formula is C26H33N3O4. The molecule has 7 nitrogen and oxygen atoms in total. The third kappa shape index (κ3) is 4.54. The maximum absolute atomic E-state index is 12.6. The van der Waals surface area contributed by atoms with Gasteiger partial charge in [-0.25, -0.2) is 4.79 Å². The van der Waals surface area contributed by atoms with Gasteiger partial charge in [0.2, 0.25) is 0 Å². The van der Waals surface area contributed by atoms with Gasteiger partial charge in [-0.05, 0) is 69.7 Å². The third-order valence-corrected chi connectivity index (χ3v) is 6.40. The largest absolute Gasteiger partial charge is 0.465 e. The zero-order chi connectivity index (χ0) is 23.9. The second-order valence-electron chi connectivity index (χ2n) is 9.43. The van der Waals surface area contributed by atoms with Gasteiger partial charge in [-0.15, -0.1) is 0 Å². The van der Waals surface area contributed by atoms with Crippen molar-refractivity contribution >= 4 is 22.8 Å². The van der Waals surface area contributed by atoms with Crippen LogP contribution in [0.2, 0.25) is 0 Å². The van der Waals surface area contributed by atoms with Crippen LogP contribution in [0.3, 0.4) is 0 Å². The number of hydrogen-bond donors (Lipinski definition) is 0. The van der Waals surface area contributed by atoms with E-state index in [2.05, 4.69) is 30.4 Å². The highest BCUT2D eigenvalue weighted by atomic mass is 16.5. The van der Waals surface area contributed by atoms with Crippen LogP contribution in [0.4, 0.5) is 0 Å². The molecule has 7 heteroatoms. The molecule has 1 saturated carbocycles. The fraction of sp³-hybridized carbons (Fsp3) is 0.500. The standard InChI is InChI=1S/C26H33N3O4/c1-15(2)14-28-17(4)21(16(3)27-28)10-12-24(30)33-20-9-11-23-22(13-20)25(26(31)32-6)18(5)29(23)19-7-8-19/h9,11,13,15,19H,7-8,10,12,14H2,1-6H3. The lowest BCUT2D eigenvalue weighted by Gasteiger charge is -2.08. The van der Waals surface area contributed by atoms with E-state index >= 15 is 0 Å². The van der Waals surface area contributed by atoms with Crippen molar-refractivity contribution in [3.8, 4) is 5.75 Å². The number of hydrogen-bond acceptors (Lipinski definition) is 5. The molecule has 1 aliphatic rings. The van der Waals surface area contributed by atoms with Crippen LogP contribution in [-0.4, -0.2) is 33.4 Å². The van der Waals surface area contributed by atoms with Crippen molar-refractivity contribution < 1.29 is 19.1 Å². The van der Waals surface area contributed by atoms with Gasteiger partial charge < -0.3 is 14.0 Å². The maximum atomic E-state index is 12.6. The van der Waals surface area contributed by atoms with Crippen molar-refractivity contribution in [1.82, 2.24) is 14.3 Å². The van der Waals surface area contributed by atoms with Crippen molar-refractivity contribution in [3.63, 3.8) is 0 Å². The van der Waals surface area contributed by atoms with Crippen LogP contribution < -0.4 is 4.74 Å². The Morgan fingerprint density at radius 3 is 2.52 bits per heavy atom. The molecule has 2 heterocycles. The third-order valence-electron chi connectivity index (χ3n) is 6.40. The molecule has 0 radical (unpaired) electrons. The summed E-state index contributed by atoms with van der Waals surface area (Å²) in [6.45, 7) is 11.2. The minimum atomic E-state index is -0.371. The number of carbonyl (C=O) groups excluding carboxylic acids is 2. The van der Waals surface area contributed by atoms with Crippen molar-refractivity contribution in [2.45, 2.75) is 72.9 Å². The Hall–Kier alpha value is -3.09. The van der Waals surface area contributed by atoms with Gasteiger partial charge >= 0.3 is 11.9 Å². The van der Waals surface area contributed by atoms with Crippen LogP contribution in [-0.2, 0) is 22.5 Å². The molecule has 0 aliphatic heterocycles. The Morgan fingerprint density at radius 2 is 1.88 bits per heavy atom. The molecule has 1 aliphatic carbocycles. The fourth-order valence-electron chi connectivity index (χ4n) is 4.68. The average molecular weight is 452 g/mol. The predicted molar refractivity (Wildman–Crippen MR) is 127 cm³/mol. The molecule has 1 fully saturated rings. The molecule has 0 atom stereocenters.